The van der Waals surface area contributed by atoms with Crippen molar-refractivity contribution in [2.45, 2.75) is 38.2 Å². The molecule has 1 unspecified atom stereocenters. The van der Waals surface area contributed by atoms with Gasteiger partial charge in [0.05, 0.1) is 24.0 Å². The summed E-state index contributed by atoms with van der Waals surface area (Å²) in [6.45, 7) is 6.66. The quantitative estimate of drug-likeness (QED) is 0.743. The molecule has 1 fully saturated rings. The second-order valence-electron chi connectivity index (χ2n) is 6.41. The highest BCUT2D eigenvalue weighted by atomic mass is 32.2. The van der Waals surface area contributed by atoms with Crippen molar-refractivity contribution in [3.05, 3.63) is 29.3 Å². The van der Waals surface area contributed by atoms with Gasteiger partial charge in [-0.1, -0.05) is 19.9 Å². The van der Waals surface area contributed by atoms with E-state index in [9.17, 15) is 18.0 Å². The molecule has 1 amide bonds. The monoisotopic (exact) mass is 398 g/mol. The van der Waals surface area contributed by atoms with Crippen LogP contribution in [0.4, 0.5) is 0 Å². The fourth-order valence-electron chi connectivity index (χ4n) is 3.12. The summed E-state index contributed by atoms with van der Waals surface area (Å²) >= 11 is 0. The number of carboxylic acid groups (broad SMARTS) is 1. The second-order valence-corrected chi connectivity index (χ2v) is 8.32. The van der Waals surface area contributed by atoms with Crippen molar-refractivity contribution < 1.29 is 27.9 Å². The topological polar surface area (TPSA) is 104 Å². The smallest absolute Gasteiger partial charge is 0.306 e. The molecule has 0 aliphatic carbocycles. The molecule has 1 saturated heterocycles. The van der Waals surface area contributed by atoms with Gasteiger partial charge in [-0.3, -0.25) is 9.59 Å². The summed E-state index contributed by atoms with van der Waals surface area (Å²) in [6.07, 6.45) is -0.747. The molecule has 1 atom stereocenters. The van der Waals surface area contributed by atoms with Gasteiger partial charge in [0, 0.05) is 31.7 Å². The fourth-order valence-corrected chi connectivity index (χ4v) is 4.83. The Balaban J connectivity index is 2.29. The third-order valence-electron chi connectivity index (χ3n) is 4.59. The van der Waals surface area contributed by atoms with E-state index in [4.69, 9.17) is 9.84 Å². The number of amides is 1. The first kappa shape index (κ1) is 21.3. The van der Waals surface area contributed by atoms with Crippen LogP contribution in [0, 0.1) is 6.92 Å². The summed E-state index contributed by atoms with van der Waals surface area (Å²) in [4.78, 5) is 25.3. The van der Waals surface area contributed by atoms with E-state index in [0.29, 0.717) is 25.2 Å². The molecule has 0 aromatic heterocycles. The molecule has 9 heteroatoms. The van der Waals surface area contributed by atoms with Gasteiger partial charge in [-0.05, 0) is 24.6 Å². The number of hydrogen-bond donors (Lipinski definition) is 1. The molecule has 1 aromatic rings. The van der Waals surface area contributed by atoms with Gasteiger partial charge in [0.1, 0.15) is 0 Å². The SMILES string of the molecule is CCN(CC)S(=O)(=O)c1cc(C(=O)N2CCOC(CC(=O)O)C2)ccc1C. The number of aliphatic carboxylic acids is 1. The lowest BCUT2D eigenvalue weighted by Gasteiger charge is -2.32. The molecule has 2 rings (SSSR count). The summed E-state index contributed by atoms with van der Waals surface area (Å²) in [6, 6.07) is 4.63. The zero-order valence-corrected chi connectivity index (χ0v) is 16.7. The minimum Gasteiger partial charge on any atom is -0.481 e. The summed E-state index contributed by atoms with van der Waals surface area (Å²) in [5, 5.41) is 8.91. The van der Waals surface area contributed by atoms with E-state index >= 15 is 0 Å². The van der Waals surface area contributed by atoms with E-state index in [-0.39, 0.29) is 35.9 Å². The van der Waals surface area contributed by atoms with E-state index in [2.05, 4.69) is 0 Å². The number of ether oxygens (including phenoxy) is 1. The lowest BCUT2D eigenvalue weighted by molar-refractivity contribution is -0.141. The molecule has 1 aliphatic rings. The highest BCUT2D eigenvalue weighted by Crippen LogP contribution is 2.23. The normalized spacial score (nSPS) is 17.9. The van der Waals surface area contributed by atoms with Crippen molar-refractivity contribution in [3.63, 3.8) is 0 Å². The highest BCUT2D eigenvalue weighted by Gasteiger charge is 2.29. The first-order valence-corrected chi connectivity index (χ1v) is 10.4. The van der Waals surface area contributed by atoms with Crippen molar-refractivity contribution >= 4 is 21.9 Å². The molecule has 1 aromatic carbocycles. The third-order valence-corrected chi connectivity index (χ3v) is 6.78. The Morgan fingerprint density at radius 3 is 2.56 bits per heavy atom. The van der Waals surface area contributed by atoms with Crippen LogP contribution in [0.25, 0.3) is 0 Å². The fraction of sp³-hybridized carbons (Fsp3) is 0.556. The molecule has 1 heterocycles. The van der Waals surface area contributed by atoms with Crippen LogP contribution in [0.3, 0.4) is 0 Å². The van der Waals surface area contributed by atoms with E-state index < -0.39 is 22.1 Å². The predicted octanol–water partition coefficient (Wildman–Crippen LogP) is 1.34. The number of aryl methyl sites for hydroxylation is 1. The van der Waals surface area contributed by atoms with Crippen molar-refractivity contribution in [3.8, 4) is 0 Å². The van der Waals surface area contributed by atoms with Gasteiger partial charge >= 0.3 is 5.97 Å². The number of hydrogen-bond acceptors (Lipinski definition) is 5. The first-order chi connectivity index (χ1) is 12.7. The van der Waals surface area contributed by atoms with Crippen LogP contribution in [-0.4, -0.2) is 73.5 Å². The maximum Gasteiger partial charge on any atom is 0.306 e. The van der Waals surface area contributed by atoms with Gasteiger partial charge in [-0.2, -0.15) is 4.31 Å². The molecule has 0 saturated carbocycles. The second kappa shape index (κ2) is 8.81. The predicted molar refractivity (Wildman–Crippen MR) is 99.2 cm³/mol. The number of rotatable bonds is 7. The minimum atomic E-state index is -3.69. The number of benzene rings is 1. The molecule has 1 aliphatic heterocycles. The zero-order valence-electron chi connectivity index (χ0n) is 15.8. The highest BCUT2D eigenvalue weighted by molar-refractivity contribution is 7.89. The van der Waals surface area contributed by atoms with Crippen LogP contribution >= 0.6 is 0 Å². The van der Waals surface area contributed by atoms with Gasteiger partial charge in [0.2, 0.25) is 10.0 Å². The number of nitrogens with zero attached hydrogens (tertiary/aromatic N) is 2. The number of sulfonamides is 1. The third kappa shape index (κ3) is 4.85. The number of carbonyl (C=O) groups is 2. The molecule has 0 radical (unpaired) electrons. The summed E-state index contributed by atoms with van der Waals surface area (Å²) < 4.78 is 32.4. The van der Waals surface area contributed by atoms with E-state index in [1.54, 1.807) is 32.9 Å². The Morgan fingerprint density at radius 1 is 1.30 bits per heavy atom. The van der Waals surface area contributed by atoms with Crippen molar-refractivity contribution in [2.24, 2.45) is 0 Å². The molecule has 8 nitrogen and oxygen atoms in total. The van der Waals surface area contributed by atoms with E-state index in [1.807, 2.05) is 0 Å². The zero-order chi connectivity index (χ0) is 20.2. The Morgan fingerprint density at radius 2 is 1.96 bits per heavy atom. The van der Waals surface area contributed by atoms with Crippen molar-refractivity contribution in [1.82, 2.24) is 9.21 Å². The largest absolute Gasteiger partial charge is 0.481 e. The Labute approximate surface area is 159 Å². The van der Waals surface area contributed by atoms with Gasteiger partial charge < -0.3 is 14.7 Å². The molecule has 1 N–H and O–H groups in total. The van der Waals surface area contributed by atoms with Crippen molar-refractivity contribution in [1.29, 1.82) is 0 Å². The average molecular weight is 398 g/mol. The number of morpholine rings is 1. The average Bonchev–Trinajstić information content (AvgIpc) is 2.62. The Bertz CT molecular complexity index is 804. The van der Waals surface area contributed by atoms with Crippen LogP contribution in [0.15, 0.2) is 23.1 Å². The van der Waals surface area contributed by atoms with Gasteiger partial charge in [-0.25, -0.2) is 8.42 Å². The molecular formula is C18H26N2O6S. The Hall–Kier alpha value is -1.97. The number of carbonyl (C=O) groups excluding carboxylic acids is 1. The minimum absolute atomic E-state index is 0.118. The van der Waals surface area contributed by atoms with Crippen LogP contribution in [0.2, 0.25) is 0 Å². The standard InChI is InChI=1S/C18H26N2O6S/c1-4-20(5-2)27(24,25)16-10-14(7-6-13(16)3)18(23)19-8-9-26-15(12-19)11-17(21)22/h6-7,10,15H,4-5,8-9,11-12H2,1-3H3,(H,21,22). The van der Waals surface area contributed by atoms with Crippen LogP contribution in [0.1, 0.15) is 36.2 Å². The van der Waals surface area contributed by atoms with Gasteiger partial charge in [0.25, 0.3) is 5.91 Å². The lowest BCUT2D eigenvalue weighted by Crippen LogP contribution is -2.46. The van der Waals surface area contributed by atoms with E-state index in [0.717, 1.165) is 0 Å². The maximum atomic E-state index is 12.9. The molecule has 27 heavy (non-hydrogen) atoms. The lowest BCUT2D eigenvalue weighted by atomic mass is 10.1. The summed E-state index contributed by atoms with van der Waals surface area (Å²) in [5.74, 6) is -1.32. The molecule has 0 bridgehead atoms. The van der Waals surface area contributed by atoms with Crippen LogP contribution in [0.5, 0.6) is 0 Å². The molecular weight excluding hydrogens is 372 g/mol. The maximum absolute atomic E-state index is 12.9. The van der Waals surface area contributed by atoms with Gasteiger partial charge in [0.15, 0.2) is 0 Å². The van der Waals surface area contributed by atoms with Crippen LogP contribution in [-0.2, 0) is 19.6 Å². The first-order valence-electron chi connectivity index (χ1n) is 8.94. The van der Waals surface area contributed by atoms with E-state index in [1.165, 1.54) is 15.3 Å². The Kier molecular flexibility index (Phi) is 6.96. The summed E-state index contributed by atoms with van der Waals surface area (Å²) in [7, 11) is -3.69. The van der Waals surface area contributed by atoms with Gasteiger partial charge in [-0.15, -0.1) is 0 Å². The molecule has 150 valence electrons. The number of carboxylic acids is 1. The summed E-state index contributed by atoms with van der Waals surface area (Å²) in [5.41, 5.74) is 0.839. The van der Waals surface area contributed by atoms with Crippen molar-refractivity contribution in [2.75, 3.05) is 32.8 Å². The van der Waals surface area contributed by atoms with Crippen LogP contribution < -0.4 is 0 Å². The molecule has 0 spiro atoms.